The molecule has 0 fully saturated rings. The Morgan fingerprint density at radius 3 is 1.83 bits per heavy atom. The van der Waals surface area contributed by atoms with Gasteiger partial charge in [-0.1, -0.05) is 6.92 Å². The van der Waals surface area contributed by atoms with Crippen LogP contribution in [0.25, 0.3) is 0 Å². The average Bonchev–Trinajstić information content (AvgIpc) is 2.00. The smallest absolute Gasteiger partial charge is 0.308 e. The second-order valence-electron chi connectivity index (χ2n) is 3.22. The molecule has 12 heavy (non-hydrogen) atoms. The number of hydrogen-bond donors (Lipinski definition) is 3. The number of carboxylic acid groups (broad SMARTS) is 1. The van der Waals surface area contributed by atoms with Gasteiger partial charge in [-0.25, -0.2) is 0 Å². The largest absolute Gasteiger partial charge is 0.481 e. The second kappa shape index (κ2) is 4.42. The molecular weight excluding hydrogens is 160 g/mol. The third-order valence-electron chi connectivity index (χ3n) is 2.20. The van der Waals surface area contributed by atoms with Gasteiger partial charge in [0.15, 0.2) is 0 Å². The van der Waals surface area contributed by atoms with Crippen LogP contribution in [0.15, 0.2) is 0 Å². The van der Waals surface area contributed by atoms with Gasteiger partial charge >= 0.3 is 5.97 Å². The Hall–Kier alpha value is -0.610. The van der Waals surface area contributed by atoms with Gasteiger partial charge in [0.05, 0.1) is 18.1 Å². The molecule has 0 aliphatic rings. The van der Waals surface area contributed by atoms with Gasteiger partial charge in [-0.05, 0) is 13.8 Å². The summed E-state index contributed by atoms with van der Waals surface area (Å²) in [5, 5.41) is 27.0. The summed E-state index contributed by atoms with van der Waals surface area (Å²) in [6.45, 7) is 4.57. The maximum Gasteiger partial charge on any atom is 0.308 e. The van der Waals surface area contributed by atoms with E-state index in [4.69, 9.17) is 10.2 Å². The number of carbonyl (C=O) groups is 1. The van der Waals surface area contributed by atoms with Gasteiger partial charge in [0.25, 0.3) is 0 Å². The fraction of sp³-hybridized carbons (Fsp3) is 0.875. The van der Waals surface area contributed by atoms with Crippen LogP contribution in [-0.4, -0.2) is 33.5 Å². The van der Waals surface area contributed by atoms with E-state index in [0.717, 1.165) is 0 Å². The highest BCUT2D eigenvalue weighted by Gasteiger charge is 2.28. The minimum absolute atomic E-state index is 0.420. The van der Waals surface area contributed by atoms with E-state index in [2.05, 4.69) is 0 Å². The Morgan fingerprint density at radius 1 is 1.17 bits per heavy atom. The first-order chi connectivity index (χ1) is 5.37. The lowest BCUT2D eigenvalue weighted by molar-refractivity contribution is -0.147. The molecule has 0 aliphatic heterocycles. The normalized spacial score (nSPS) is 21.1. The molecule has 3 N–H and O–H groups in total. The zero-order valence-electron chi connectivity index (χ0n) is 7.56. The molecule has 0 aliphatic carbocycles. The molecule has 0 aromatic carbocycles. The lowest BCUT2D eigenvalue weighted by Gasteiger charge is -2.24. The number of carboxylic acids is 1. The molecule has 0 aromatic rings. The van der Waals surface area contributed by atoms with Gasteiger partial charge in [0.2, 0.25) is 0 Å². The predicted octanol–water partition coefficient (Wildman–Crippen LogP) is 0.0849. The molecule has 0 aromatic heterocycles. The number of aliphatic hydroxyl groups is 2. The zero-order valence-corrected chi connectivity index (χ0v) is 7.56. The van der Waals surface area contributed by atoms with Crippen molar-refractivity contribution in [3.63, 3.8) is 0 Å². The average molecular weight is 176 g/mol. The molecule has 0 saturated carbocycles. The van der Waals surface area contributed by atoms with E-state index in [1.807, 2.05) is 0 Å². The second-order valence-corrected chi connectivity index (χ2v) is 3.22. The molecular formula is C8H16O4. The molecule has 0 rings (SSSR count). The molecule has 0 amide bonds. The van der Waals surface area contributed by atoms with E-state index in [-0.39, 0.29) is 0 Å². The Morgan fingerprint density at radius 2 is 1.58 bits per heavy atom. The first kappa shape index (κ1) is 11.4. The van der Waals surface area contributed by atoms with Crippen molar-refractivity contribution < 1.29 is 20.1 Å². The molecule has 0 heterocycles. The summed E-state index contributed by atoms with van der Waals surface area (Å²) in [4.78, 5) is 10.4. The van der Waals surface area contributed by atoms with E-state index in [0.29, 0.717) is 0 Å². The van der Waals surface area contributed by atoms with Crippen molar-refractivity contribution in [2.75, 3.05) is 0 Å². The van der Waals surface area contributed by atoms with E-state index in [1.54, 1.807) is 6.92 Å². The molecule has 0 unspecified atom stereocenters. The van der Waals surface area contributed by atoms with Gasteiger partial charge in [0.1, 0.15) is 0 Å². The van der Waals surface area contributed by atoms with Crippen LogP contribution in [0.5, 0.6) is 0 Å². The van der Waals surface area contributed by atoms with E-state index < -0.39 is 30.0 Å². The van der Waals surface area contributed by atoms with E-state index in [1.165, 1.54) is 13.8 Å². The van der Waals surface area contributed by atoms with Crippen LogP contribution >= 0.6 is 0 Å². The minimum atomic E-state index is -1.05. The molecule has 4 atom stereocenters. The zero-order chi connectivity index (χ0) is 9.89. The summed E-state index contributed by atoms with van der Waals surface area (Å²) >= 11 is 0. The maximum atomic E-state index is 10.4. The van der Waals surface area contributed by atoms with Crippen LogP contribution in [0.2, 0.25) is 0 Å². The van der Waals surface area contributed by atoms with Crippen molar-refractivity contribution >= 4 is 5.97 Å². The Kier molecular flexibility index (Phi) is 4.20. The van der Waals surface area contributed by atoms with Crippen molar-refractivity contribution in [3.8, 4) is 0 Å². The van der Waals surface area contributed by atoms with Gasteiger partial charge in [0, 0.05) is 5.92 Å². The van der Waals surface area contributed by atoms with E-state index >= 15 is 0 Å². The van der Waals surface area contributed by atoms with E-state index in [9.17, 15) is 9.90 Å². The lowest BCUT2D eigenvalue weighted by atomic mass is 9.90. The van der Waals surface area contributed by atoms with Crippen molar-refractivity contribution in [3.05, 3.63) is 0 Å². The highest BCUT2D eigenvalue weighted by Crippen LogP contribution is 2.16. The maximum absolute atomic E-state index is 10.4. The van der Waals surface area contributed by atoms with Gasteiger partial charge < -0.3 is 15.3 Å². The summed E-state index contributed by atoms with van der Waals surface area (Å²) < 4.78 is 0. The van der Waals surface area contributed by atoms with Crippen molar-refractivity contribution in [1.82, 2.24) is 0 Å². The SMILES string of the molecule is C[C@@H]([C@H](O)[C@@H](C)C(=O)O)[C@@H](C)O. The molecule has 72 valence electrons. The topological polar surface area (TPSA) is 77.8 Å². The fourth-order valence-electron chi connectivity index (χ4n) is 0.887. The van der Waals surface area contributed by atoms with Crippen LogP contribution in [0.4, 0.5) is 0 Å². The molecule has 0 spiro atoms. The van der Waals surface area contributed by atoms with Gasteiger partial charge in [-0.2, -0.15) is 0 Å². The first-order valence-corrected chi connectivity index (χ1v) is 3.96. The standard InChI is InChI=1S/C8H16O4/c1-4(6(3)9)7(10)5(2)8(11)12/h4-7,9-10H,1-3H3,(H,11,12)/t4-,5-,6-,7+/m1/s1. The van der Waals surface area contributed by atoms with Crippen LogP contribution in [-0.2, 0) is 4.79 Å². The lowest BCUT2D eigenvalue weighted by Crippen LogP contribution is -2.36. The van der Waals surface area contributed by atoms with Crippen LogP contribution in [0.1, 0.15) is 20.8 Å². The van der Waals surface area contributed by atoms with Gasteiger partial charge in [-0.3, -0.25) is 4.79 Å². The Bertz CT molecular complexity index is 155. The highest BCUT2D eigenvalue weighted by molar-refractivity contribution is 5.70. The summed E-state index contributed by atoms with van der Waals surface area (Å²) in [5.41, 5.74) is 0. The van der Waals surface area contributed by atoms with Crippen LogP contribution in [0.3, 0.4) is 0 Å². The highest BCUT2D eigenvalue weighted by atomic mass is 16.4. The summed E-state index contributed by atoms with van der Waals surface area (Å²) in [6.07, 6.45) is -1.69. The molecule has 4 heteroatoms. The predicted molar refractivity (Wildman–Crippen MR) is 43.7 cm³/mol. The fourth-order valence-corrected chi connectivity index (χ4v) is 0.887. The first-order valence-electron chi connectivity index (χ1n) is 3.96. The number of aliphatic hydroxyl groups excluding tert-OH is 2. The number of rotatable bonds is 4. The third kappa shape index (κ3) is 2.79. The van der Waals surface area contributed by atoms with Gasteiger partial charge in [-0.15, -0.1) is 0 Å². The molecule has 4 nitrogen and oxygen atoms in total. The molecule has 0 radical (unpaired) electrons. The van der Waals surface area contributed by atoms with Crippen LogP contribution < -0.4 is 0 Å². The van der Waals surface area contributed by atoms with Crippen molar-refractivity contribution in [2.24, 2.45) is 11.8 Å². The molecule has 0 bridgehead atoms. The summed E-state index contributed by atoms with van der Waals surface area (Å²) in [7, 11) is 0. The van der Waals surface area contributed by atoms with Crippen molar-refractivity contribution in [2.45, 2.75) is 33.0 Å². The molecule has 0 saturated heterocycles. The minimum Gasteiger partial charge on any atom is -0.481 e. The Labute approximate surface area is 71.8 Å². The monoisotopic (exact) mass is 176 g/mol. The Balaban J connectivity index is 4.18. The van der Waals surface area contributed by atoms with Crippen molar-refractivity contribution in [1.29, 1.82) is 0 Å². The number of hydrogen-bond acceptors (Lipinski definition) is 3. The summed E-state index contributed by atoms with van der Waals surface area (Å²) in [6, 6.07) is 0. The van der Waals surface area contributed by atoms with Crippen LogP contribution in [0, 0.1) is 11.8 Å². The summed E-state index contributed by atoms with van der Waals surface area (Å²) in [5.74, 6) is -2.30. The number of aliphatic carboxylic acids is 1. The quantitative estimate of drug-likeness (QED) is 0.567. The third-order valence-corrected chi connectivity index (χ3v) is 2.20.